The van der Waals surface area contributed by atoms with Gasteiger partial charge in [-0.05, 0) is 18.2 Å². The second-order valence-electron chi connectivity index (χ2n) is 5.05. The van der Waals surface area contributed by atoms with Crippen LogP contribution in [0.15, 0.2) is 36.4 Å². The van der Waals surface area contributed by atoms with Gasteiger partial charge in [0.15, 0.2) is 11.6 Å². The highest BCUT2D eigenvalue weighted by Crippen LogP contribution is 2.34. The summed E-state index contributed by atoms with van der Waals surface area (Å²) in [5.41, 5.74) is 7.25. The van der Waals surface area contributed by atoms with Crippen LogP contribution in [0.1, 0.15) is 28.4 Å². The molecule has 23 heavy (non-hydrogen) atoms. The van der Waals surface area contributed by atoms with Gasteiger partial charge in [0.2, 0.25) is 0 Å². The van der Waals surface area contributed by atoms with Gasteiger partial charge in [0.05, 0.1) is 12.2 Å². The van der Waals surface area contributed by atoms with E-state index in [1.165, 1.54) is 6.07 Å². The van der Waals surface area contributed by atoms with Gasteiger partial charge >= 0.3 is 0 Å². The number of ether oxygens (including phenoxy) is 1. The summed E-state index contributed by atoms with van der Waals surface area (Å²) in [7, 11) is 0. The molecule has 0 aliphatic carbocycles. The number of benzene rings is 2. The smallest absolute Gasteiger partial charge is 0.259 e. The summed E-state index contributed by atoms with van der Waals surface area (Å²) < 4.78 is 31.6. The molecule has 0 radical (unpaired) electrons. The van der Waals surface area contributed by atoms with Gasteiger partial charge in [0.1, 0.15) is 5.75 Å². The van der Waals surface area contributed by atoms with E-state index >= 15 is 0 Å². The summed E-state index contributed by atoms with van der Waals surface area (Å²) in [6, 6.07) is 8.12. The van der Waals surface area contributed by atoms with Crippen LogP contribution in [0, 0.1) is 11.6 Å². The molecule has 7 heteroatoms. The first kappa shape index (κ1) is 17.2. The number of carbonyl (C=O) groups is 1. The summed E-state index contributed by atoms with van der Waals surface area (Å²) in [4.78, 5) is 12.3. The van der Waals surface area contributed by atoms with Crippen molar-refractivity contribution in [3.05, 3.63) is 59.2 Å². The number of halogens is 3. The van der Waals surface area contributed by atoms with Crippen molar-refractivity contribution >= 4 is 24.0 Å². The molecule has 1 amide bonds. The molecule has 1 heterocycles. The number of para-hydroxylation sites is 1. The predicted molar refractivity (Wildman–Crippen MR) is 85.0 cm³/mol. The zero-order chi connectivity index (χ0) is 15.7. The molecule has 1 aliphatic heterocycles. The topological polar surface area (TPSA) is 64.3 Å². The van der Waals surface area contributed by atoms with E-state index < -0.39 is 17.5 Å². The van der Waals surface area contributed by atoms with Gasteiger partial charge in [0.25, 0.3) is 5.91 Å². The van der Waals surface area contributed by atoms with Gasteiger partial charge in [-0.25, -0.2) is 8.78 Å². The highest BCUT2D eigenvalue weighted by molar-refractivity contribution is 6.06. The molecule has 1 aliphatic rings. The molecule has 1 atom stereocenters. The molecule has 122 valence electrons. The average Bonchev–Trinajstić information content (AvgIpc) is 2.51. The molecule has 2 aromatic carbocycles. The maximum absolute atomic E-state index is 13.2. The van der Waals surface area contributed by atoms with Gasteiger partial charge < -0.3 is 15.8 Å². The molecule has 0 bridgehead atoms. The Bertz CT molecular complexity index is 740. The lowest BCUT2D eigenvalue weighted by Gasteiger charge is -2.24. The molecule has 0 unspecified atom stereocenters. The minimum atomic E-state index is -1.02. The lowest BCUT2D eigenvalue weighted by atomic mass is 9.98. The Morgan fingerprint density at radius 1 is 1.22 bits per heavy atom. The molecule has 0 fully saturated rings. The Kier molecular flexibility index (Phi) is 5.18. The molecule has 0 saturated heterocycles. The van der Waals surface area contributed by atoms with E-state index in [1.807, 2.05) is 6.07 Å². The summed E-state index contributed by atoms with van der Waals surface area (Å²) in [5.74, 6) is -2.01. The van der Waals surface area contributed by atoms with Crippen LogP contribution in [0.25, 0.3) is 0 Å². The van der Waals surface area contributed by atoms with Crippen LogP contribution >= 0.6 is 12.4 Å². The van der Waals surface area contributed by atoms with Gasteiger partial charge in [-0.1, -0.05) is 12.1 Å². The van der Waals surface area contributed by atoms with Crippen molar-refractivity contribution in [1.29, 1.82) is 0 Å². The third-order valence-corrected chi connectivity index (χ3v) is 3.54. The Balaban J connectivity index is 0.00000192. The normalized spacial score (nSPS) is 15.9. The van der Waals surface area contributed by atoms with Gasteiger partial charge in [0, 0.05) is 29.8 Å². The van der Waals surface area contributed by atoms with E-state index in [2.05, 4.69) is 5.32 Å². The Morgan fingerprint density at radius 2 is 2.00 bits per heavy atom. The van der Waals surface area contributed by atoms with Crippen LogP contribution in [-0.4, -0.2) is 12.5 Å². The second-order valence-corrected chi connectivity index (χ2v) is 5.05. The van der Waals surface area contributed by atoms with Crippen LogP contribution in [-0.2, 0) is 0 Å². The zero-order valence-electron chi connectivity index (χ0n) is 12.0. The van der Waals surface area contributed by atoms with Crippen molar-refractivity contribution in [3.8, 4) is 5.75 Å². The number of carbonyl (C=O) groups excluding carboxylic acids is 1. The Labute approximate surface area is 138 Å². The van der Waals surface area contributed by atoms with E-state index in [0.717, 1.165) is 17.7 Å². The van der Waals surface area contributed by atoms with E-state index in [1.54, 1.807) is 12.1 Å². The Morgan fingerprint density at radius 3 is 2.74 bits per heavy atom. The number of hydrogen-bond acceptors (Lipinski definition) is 3. The van der Waals surface area contributed by atoms with Crippen LogP contribution in [0.4, 0.5) is 14.5 Å². The van der Waals surface area contributed by atoms with Crippen LogP contribution in [0.5, 0.6) is 5.75 Å². The quantitative estimate of drug-likeness (QED) is 0.880. The molecule has 2 aromatic rings. The highest BCUT2D eigenvalue weighted by atomic mass is 35.5. The molecular weight excluding hydrogens is 326 g/mol. The van der Waals surface area contributed by atoms with E-state index in [-0.39, 0.29) is 24.1 Å². The molecule has 4 nitrogen and oxygen atoms in total. The van der Waals surface area contributed by atoms with E-state index in [0.29, 0.717) is 24.3 Å². The molecule has 0 aromatic heterocycles. The number of nitrogens with one attached hydrogen (secondary N) is 1. The maximum Gasteiger partial charge on any atom is 0.259 e. The molecular formula is C16H15ClF2N2O2. The molecule has 3 rings (SSSR count). The minimum Gasteiger partial charge on any atom is -0.492 e. The first-order valence-electron chi connectivity index (χ1n) is 6.84. The second kappa shape index (κ2) is 6.93. The lowest BCUT2D eigenvalue weighted by Crippen LogP contribution is -2.23. The fourth-order valence-electron chi connectivity index (χ4n) is 2.40. The van der Waals surface area contributed by atoms with Gasteiger partial charge in [-0.2, -0.15) is 0 Å². The van der Waals surface area contributed by atoms with Crippen LogP contribution < -0.4 is 15.8 Å². The van der Waals surface area contributed by atoms with Crippen molar-refractivity contribution in [1.82, 2.24) is 0 Å². The number of anilines is 1. The number of hydrogen-bond donors (Lipinski definition) is 2. The summed E-state index contributed by atoms with van der Waals surface area (Å²) in [6.07, 6.45) is 0.682. The number of nitrogens with two attached hydrogens (primary N) is 1. The number of amides is 1. The fraction of sp³-hybridized carbons (Fsp3) is 0.188. The third-order valence-electron chi connectivity index (χ3n) is 3.54. The molecule has 0 spiro atoms. The van der Waals surface area contributed by atoms with E-state index in [9.17, 15) is 13.6 Å². The Hall–Kier alpha value is -2.18. The monoisotopic (exact) mass is 340 g/mol. The lowest BCUT2D eigenvalue weighted by molar-refractivity contribution is 0.102. The number of rotatable bonds is 2. The van der Waals surface area contributed by atoms with Gasteiger partial charge in [-0.15, -0.1) is 12.4 Å². The van der Waals surface area contributed by atoms with Crippen LogP contribution in [0.3, 0.4) is 0 Å². The minimum absolute atomic E-state index is 0. The van der Waals surface area contributed by atoms with Crippen LogP contribution in [0.2, 0.25) is 0 Å². The maximum atomic E-state index is 13.2. The average molecular weight is 341 g/mol. The fourth-order valence-corrected chi connectivity index (χ4v) is 2.40. The van der Waals surface area contributed by atoms with Gasteiger partial charge in [-0.3, -0.25) is 4.79 Å². The van der Waals surface area contributed by atoms with E-state index in [4.69, 9.17) is 10.5 Å². The van der Waals surface area contributed by atoms with Crippen molar-refractivity contribution < 1.29 is 18.3 Å². The summed E-state index contributed by atoms with van der Waals surface area (Å²) in [5, 5.41) is 2.52. The SMILES string of the molecule is Cl.N[C@H]1CCOc2c(C(=O)Nc3ccc(F)c(F)c3)cccc21. The van der Waals surface area contributed by atoms with Crippen molar-refractivity contribution in [3.63, 3.8) is 0 Å². The van der Waals surface area contributed by atoms with Crippen molar-refractivity contribution in [2.75, 3.05) is 11.9 Å². The largest absolute Gasteiger partial charge is 0.492 e. The van der Waals surface area contributed by atoms with Crippen molar-refractivity contribution in [2.24, 2.45) is 5.73 Å². The molecule has 3 N–H and O–H groups in total. The highest BCUT2D eigenvalue weighted by Gasteiger charge is 2.23. The summed E-state index contributed by atoms with van der Waals surface area (Å²) >= 11 is 0. The first-order chi connectivity index (χ1) is 10.6. The standard InChI is InChI=1S/C16H14F2N2O2.ClH/c17-12-5-4-9(8-13(12)18)20-16(21)11-3-1-2-10-14(19)6-7-22-15(10)11;/h1-5,8,14H,6-7,19H2,(H,20,21);1H/t14-;/m0./s1. The van der Waals surface area contributed by atoms with Crippen molar-refractivity contribution in [2.45, 2.75) is 12.5 Å². The third kappa shape index (κ3) is 3.43. The molecule has 0 saturated carbocycles. The zero-order valence-corrected chi connectivity index (χ0v) is 12.8. The number of fused-ring (bicyclic) bond motifs is 1. The predicted octanol–water partition coefficient (Wildman–Crippen LogP) is 3.42. The first-order valence-corrected chi connectivity index (χ1v) is 6.84. The summed E-state index contributed by atoms with van der Waals surface area (Å²) in [6.45, 7) is 0.434.